The fourth-order valence-electron chi connectivity index (χ4n) is 6.57. The minimum absolute atomic E-state index is 0.0275. The predicted octanol–water partition coefficient (Wildman–Crippen LogP) is 4.33. The molecule has 0 N–H and O–H groups in total. The summed E-state index contributed by atoms with van der Waals surface area (Å²) in [5, 5.41) is 0. The molecule has 0 spiro atoms. The summed E-state index contributed by atoms with van der Waals surface area (Å²) in [5.41, 5.74) is 1.43. The van der Waals surface area contributed by atoms with E-state index < -0.39 is 0 Å². The number of carbonyl (C=O) groups is 2. The molecule has 1 unspecified atom stereocenters. The highest BCUT2D eigenvalue weighted by atomic mass is 16.1. The molecule has 4 rings (SSSR count). The zero-order valence-corrected chi connectivity index (χ0v) is 13.9. The molecule has 0 aliphatic heterocycles. The van der Waals surface area contributed by atoms with Gasteiger partial charge in [0.2, 0.25) is 0 Å². The van der Waals surface area contributed by atoms with Crippen LogP contribution in [0.5, 0.6) is 0 Å². The smallest absolute Gasteiger partial charge is 0.155 e. The van der Waals surface area contributed by atoms with Crippen LogP contribution >= 0.6 is 0 Å². The van der Waals surface area contributed by atoms with Crippen molar-refractivity contribution in [2.75, 3.05) is 0 Å². The number of allylic oxidation sites excluding steroid dienone is 1. The summed E-state index contributed by atoms with van der Waals surface area (Å²) in [6, 6.07) is 0. The summed E-state index contributed by atoms with van der Waals surface area (Å²) >= 11 is 0. The van der Waals surface area contributed by atoms with Gasteiger partial charge in [-0.1, -0.05) is 25.8 Å². The van der Waals surface area contributed by atoms with Gasteiger partial charge in [0.25, 0.3) is 0 Å². The summed E-state index contributed by atoms with van der Waals surface area (Å²) in [7, 11) is 0. The second-order valence-electron chi connectivity index (χ2n) is 8.47. The molecule has 0 saturated heterocycles. The summed E-state index contributed by atoms with van der Waals surface area (Å²) < 4.78 is 0. The number of hydrogen-bond donors (Lipinski definition) is 0. The molecule has 6 atom stereocenters. The van der Waals surface area contributed by atoms with Crippen molar-refractivity contribution >= 4 is 11.6 Å². The summed E-state index contributed by atoms with van der Waals surface area (Å²) in [4.78, 5) is 24.3. The van der Waals surface area contributed by atoms with E-state index in [1.807, 2.05) is 6.08 Å². The Morgan fingerprint density at radius 1 is 1.18 bits per heavy atom. The van der Waals surface area contributed by atoms with Crippen molar-refractivity contribution in [3.63, 3.8) is 0 Å². The zero-order valence-electron chi connectivity index (χ0n) is 13.9. The Morgan fingerprint density at radius 3 is 2.77 bits per heavy atom. The number of fused-ring (bicyclic) bond motifs is 5. The molecular formula is C20H28O2. The highest BCUT2D eigenvalue weighted by Gasteiger charge is 2.58. The summed E-state index contributed by atoms with van der Waals surface area (Å²) in [6.07, 6.45) is 10.3. The van der Waals surface area contributed by atoms with Crippen molar-refractivity contribution in [1.82, 2.24) is 0 Å². The van der Waals surface area contributed by atoms with E-state index in [1.54, 1.807) is 0 Å². The molecule has 3 fully saturated rings. The van der Waals surface area contributed by atoms with E-state index in [4.69, 9.17) is 0 Å². The molecule has 0 bridgehead atoms. The quantitative estimate of drug-likeness (QED) is 0.722. The third-order valence-corrected chi connectivity index (χ3v) is 7.70. The van der Waals surface area contributed by atoms with E-state index in [1.165, 1.54) is 18.4 Å². The topological polar surface area (TPSA) is 34.1 Å². The van der Waals surface area contributed by atoms with Crippen LogP contribution < -0.4 is 0 Å². The molecule has 0 aromatic heterocycles. The second kappa shape index (κ2) is 5.04. The lowest BCUT2D eigenvalue weighted by atomic mass is 9.49. The van der Waals surface area contributed by atoms with Crippen molar-refractivity contribution in [1.29, 1.82) is 0 Å². The van der Waals surface area contributed by atoms with Crippen LogP contribution in [0.3, 0.4) is 0 Å². The maximum absolute atomic E-state index is 12.5. The van der Waals surface area contributed by atoms with Gasteiger partial charge in [-0.3, -0.25) is 9.59 Å². The van der Waals surface area contributed by atoms with Gasteiger partial charge in [-0.15, -0.1) is 0 Å². The number of ketones is 2. The first-order chi connectivity index (χ1) is 10.5. The first-order valence-electron chi connectivity index (χ1n) is 9.31. The molecule has 0 amide bonds. The maximum Gasteiger partial charge on any atom is 0.155 e. The van der Waals surface area contributed by atoms with Gasteiger partial charge < -0.3 is 0 Å². The van der Waals surface area contributed by atoms with E-state index in [9.17, 15) is 9.59 Å². The van der Waals surface area contributed by atoms with E-state index in [0.29, 0.717) is 29.3 Å². The maximum atomic E-state index is 12.5. The van der Waals surface area contributed by atoms with E-state index in [-0.39, 0.29) is 5.41 Å². The molecule has 3 saturated carbocycles. The van der Waals surface area contributed by atoms with Crippen LogP contribution in [0.1, 0.15) is 65.2 Å². The molecule has 2 nitrogen and oxygen atoms in total. The van der Waals surface area contributed by atoms with Gasteiger partial charge in [-0.2, -0.15) is 0 Å². The van der Waals surface area contributed by atoms with Crippen LogP contribution in [0.15, 0.2) is 11.6 Å². The van der Waals surface area contributed by atoms with Crippen molar-refractivity contribution in [3.8, 4) is 0 Å². The SMILES string of the molecule is CCC1CC2=CC(=O)CC[C@@H]2[C@H]2CC[C@]3(C)C(=O)CC[C@H]3[C@H]12. The average Bonchev–Trinajstić information content (AvgIpc) is 2.81. The van der Waals surface area contributed by atoms with Gasteiger partial charge >= 0.3 is 0 Å². The fourth-order valence-corrected chi connectivity index (χ4v) is 6.57. The van der Waals surface area contributed by atoms with E-state index >= 15 is 0 Å². The molecule has 22 heavy (non-hydrogen) atoms. The van der Waals surface area contributed by atoms with Crippen LogP contribution in [0.25, 0.3) is 0 Å². The Bertz CT molecular complexity index is 546. The first kappa shape index (κ1) is 14.7. The minimum atomic E-state index is -0.0275. The molecule has 120 valence electrons. The van der Waals surface area contributed by atoms with Crippen molar-refractivity contribution in [2.24, 2.45) is 35.0 Å². The van der Waals surface area contributed by atoms with Crippen LogP contribution in [-0.4, -0.2) is 11.6 Å². The van der Waals surface area contributed by atoms with Crippen molar-refractivity contribution in [3.05, 3.63) is 11.6 Å². The third-order valence-electron chi connectivity index (χ3n) is 7.70. The number of rotatable bonds is 1. The van der Waals surface area contributed by atoms with Gasteiger partial charge in [0, 0.05) is 18.3 Å². The molecule has 0 heterocycles. The normalized spacial score (nSPS) is 47.5. The van der Waals surface area contributed by atoms with Gasteiger partial charge in [0.1, 0.15) is 5.78 Å². The lowest BCUT2D eigenvalue weighted by Gasteiger charge is -2.55. The summed E-state index contributed by atoms with van der Waals surface area (Å²) in [6.45, 7) is 4.56. The zero-order chi connectivity index (χ0) is 15.5. The van der Waals surface area contributed by atoms with E-state index in [2.05, 4.69) is 13.8 Å². The lowest BCUT2D eigenvalue weighted by molar-refractivity contribution is -0.132. The molecular weight excluding hydrogens is 272 g/mol. The highest BCUT2D eigenvalue weighted by molar-refractivity contribution is 5.91. The number of Topliss-reactive ketones (excluding diaryl/α,β-unsaturated/α-hetero) is 1. The average molecular weight is 300 g/mol. The Morgan fingerprint density at radius 2 is 2.00 bits per heavy atom. The monoisotopic (exact) mass is 300 g/mol. The second-order valence-corrected chi connectivity index (χ2v) is 8.47. The Balaban J connectivity index is 1.71. The van der Waals surface area contributed by atoms with Gasteiger partial charge in [0.15, 0.2) is 5.78 Å². The van der Waals surface area contributed by atoms with Crippen LogP contribution in [0.2, 0.25) is 0 Å². The fraction of sp³-hybridized carbons (Fsp3) is 0.800. The minimum Gasteiger partial charge on any atom is -0.299 e. The lowest BCUT2D eigenvalue weighted by Crippen LogP contribution is -2.49. The Kier molecular flexibility index (Phi) is 3.36. The molecule has 2 heteroatoms. The molecule has 0 aromatic carbocycles. The van der Waals surface area contributed by atoms with Gasteiger partial charge in [-0.25, -0.2) is 0 Å². The standard InChI is InChI=1S/C20H28O2/c1-3-12-10-13-11-14(21)4-5-15(13)16-8-9-20(2)17(19(12)16)6-7-18(20)22/h11-12,15-17,19H,3-10H2,1-2H3/t12?,15-,16+,17-,19+,20-/m0/s1. The van der Waals surface area contributed by atoms with Crippen molar-refractivity contribution in [2.45, 2.75) is 65.2 Å². The van der Waals surface area contributed by atoms with Gasteiger partial charge in [0.05, 0.1) is 0 Å². The number of carbonyl (C=O) groups excluding carboxylic acids is 2. The Hall–Kier alpha value is -0.920. The molecule has 0 radical (unpaired) electrons. The predicted molar refractivity (Wildman–Crippen MR) is 86.3 cm³/mol. The van der Waals surface area contributed by atoms with Crippen molar-refractivity contribution < 1.29 is 9.59 Å². The number of hydrogen-bond acceptors (Lipinski definition) is 2. The summed E-state index contributed by atoms with van der Waals surface area (Å²) in [5.74, 6) is 4.29. The van der Waals surface area contributed by atoms with Gasteiger partial charge in [-0.05, 0) is 67.8 Å². The van der Waals surface area contributed by atoms with E-state index in [0.717, 1.165) is 50.4 Å². The van der Waals surface area contributed by atoms with Crippen LogP contribution in [0.4, 0.5) is 0 Å². The largest absolute Gasteiger partial charge is 0.299 e. The molecule has 4 aliphatic carbocycles. The van der Waals surface area contributed by atoms with Crippen LogP contribution in [-0.2, 0) is 9.59 Å². The molecule has 4 aliphatic rings. The third kappa shape index (κ3) is 1.91. The van der Waals surface area contributed by atoms with Crippen LogP contribution in [0, 0.1) is 35.0 Å². The first-order valence-corrected chi connectivity index (χ1v) is 9.31. The Labute approximate surface area is 133 Å². The molecule has 0 aromatic rings. The highest BCUT2D eigenvalue weighted by Crippen LogP contribution is 2.62.